The predicted octanol–water partition coefficient (Wildman–Crippen LogP) is 3.21. The quantitative estimate of drug-likeness (QED) is 0.865. The fourth-order valence-corrected chi connectivity index (χ4v) is 1.73. The molecule has 2 N–H and O–H groups in total. The molecule has 0 bridgehead atoms. The second-order valence-corrected chi connectivity index (χ2v) is 3.95. The Hall–Kier alpha value is -1.74. The summed E-state index contributed by atoms with van der Waals surface area (Å²) < 4.78 is 26.2. The van der Waals surface area contributed by atoms with Gasteiger partial charge in [0.1, 0.15) is 11.6 Å². The van der Waals surface area contributed by atoms with Gasteiger partial charge in [-0.1, -0.05) is 30.3 Å². The first-order valence-corrected chi connectivity index (χ1v) is 5.41. The van der Waals surface area contributed by atoms with E-state index in [2.05, 4.69) is 0 Å². The Bertz CT molecular complexity index is 494. The van der Waals surface area contributed by atoms with E-state index in [-0.39, 0.29) is 17.7 Å². The van der Waals surface area contributed by atoms with Gasteiger partial charge in [0, 0.05) is 6.04 Å². The Morgan fingerprint density at radius 1 is 0.941 bits per heavy atom. The summed E-state index contributed by atoms with van der Waals surface area (Å²) in [6, 6.07) is 12.2. The van der Waals surface area contributed by atoms with Gasteiger partial charge in [0.25, 0.3) is 0 Å². The third-order valence-corrected chi connectivity index (χ3v) is 2.70. The van der Waals surface area contributed by atoms with Crippen LogP contribution >= 0.6 is 0 Å². The third kappa shape index (κ3) is 2.88. The van der Waals surface area contributed by atoms with Crippen LogP contribution in [0.5, 0.6) is 0 Å². The zero-order valence-electron chi connectivity index (χ0n) is 9.24. The molecule has 2 rings (SSSR count). The van der Waals surface area contributed by atoms with E-state index >= 15 is 0 Å². The highest BCUT2D eigenvalue weighted by molar-refractivity contribution is 5.24. The SMILES string of the molecule is NC(Cc1ccccc1F)c1ccc(F)cc1. The summed E-state index contributed by atoms with van der Waals surface area (Å²) in [5.41, 5.74) is 7.33. The number of rotatable bonds is 3. The summed E-state index contributed by atoms with van der Waals surface area (Å²) in [5, 5.41) is 0. The highest BCUT2D eigenvalue weighted by atomic mass is 19.1. The maximum atomic E-state index is 13.4. The van der Waals surface area contributed by atoms with Gasteiger partial charge in [-0.25, -0.2) is 8.78 Å². The van der Waals surface area contributed by atoms with E-state index in [1.165, 1.54) is 18.2 Å². The highest BCUT2D eigenvalue weighted by Crippen LogP contribution is 2.18. The van der Waals surface area contributed by atoms with Gasteiger partial charge in [0.2, 0.25) is 0 Å². The van der Waals surface area contributed by atoms with Crippen LogP contribution in [0.15, 0.2) is 48.5 Å². The van der Waals surface area contributed by atoms with Crippen LogP contribution in [-0.4, -0.2) is 0 Å². The Morgan fingerprint density at radius 2 is 1.59 bits per heavy atom. The summed E-state index contributed by atoms with van der Waals surface area (Å²) in [7, 11) is 0. The van der Waals surface area contributed by atoms with Gasteiger partial charge < -0.3 is 5.73 Å². The molecule has 0 aliphatic rings. The van der Waals surface area contributed by atoms with Gasteiger partial charge >= 0.3 is 0 Å². The lowest BCUT2D eigenvalue weighted by Gasteiger charge is -2.12. The zero-order chi connectivity index (χ0) is 12.3. The first-order valence-electron chi connectivity index (χ1n) is 5.41. The fraction of sp³-hybridized carbons (Fsp3) is 0.143. The molecule has 0 saturated carbocycles. The van der Waals surface area contributed by atoms with E-state index in [0.717, 1.165) is 5.56 Å². The molecule has 3 heteroatoms. The number of hydrogen-bond donors (Lipinski definition) is 1. The average molecular weight is 233 g/mol. The lowest BCUT2D eigenvalue weighted by Crippen LogP contribution is -2.14. The molecular weight excluding hydrogens is 220 g/mol. The second kappa shape index (κ2) is 5.06. The molecule has 0 aromatic heterocycles. The summed E-state index contributed by atoms with van der Waals surface area (Å²) >= 11 is 0. The van der Waals surface area contributed by atoms with Crippen LogP contribution in [0, 0.1) is 11.6 Å². The molecule has 0 aliphatic carbocycles. The van der Waals surface area contributed by atoms with E-state index in [9.17, 15) is 8.78 Å². The van der Waals surface area contributed by atoms with Crippen molar-refractivity contribution in [2.24, 2.45) is 5.73 Å². The van der Waals surface area contributed by atoms with Crippen LogP contribution < -0.4 is 5.73 Å². The fourth-order valence-electron chi connectivity index (χ4n) is 1.73. The standard InChI is InChI=1S/C14H13F2N/c15-12-7-5-10(6-8-12)14(17)9-11-3-1-2-4-13(11)16/h1-8,14H,9,17H2. The van der Waals surface area contributed by atoms with E-state index in [1.807, 2.05) is 0 Å². The second-order valence-electron chi connectivity index (χ2n) is 3.95. The molecule has 1 atom stereocenters. The lowest BCUT2D eigenvalue weighted by molar-refractivity contribution is 0.592. The predicted molar refractivity (Wildman–Crippen MR) is 63.4 cm³/mol. The van der Waals surface area contributed by atoms with Crippen LogP contribution in [0.2, 0.25) is 0 Å². The molecule has 0 radical (unpaired) electrons. The van der Waals surface area contributed by atoms with Crippen LogP contribution in [0.1, 0.15) is 17.2 Å². The number of hydrogen-bond acceptors (Lipinski definition) is 1. The topological polar surface area (TPSA) is 26.0 Å². The molecule has 2 aromatic carbocycles. The maximum absolute atomic E-state index is 13.4. The summed E-state index contributed by atoms with van der Waals surface area (Å²) in [6.45, 7) is 0. The molecule has 17 heavy (non-hydrogen) atoms. The molecule has 2 aromatic rings. The average Bonchev–Trinajstić information content (AvgIpc) is 2.33. The minimum absolute atomic E-state index is 0.259. The van der Waals surface area contributed by atoms with Gasteiger partial charge in [-0.3, -0.25) is 0 Å². The first-order chi connectivity index (χ1) is 8.16. The minimum atomic E-state index is -0.326. The molecule has 1 unspecified atom stereocenters. The van der Waals surface area contributed by atoms with Crippen molar-refractivity contribution in [2.75, 3.05) is 0 Å². The van der Waals surface area contributed by atoms with Gasteiger partial charge in [-0.15, -0.1) is 0 Å². The Kier molecular flexibility index (Phi) is 3.49. The van der Waals surface area contributed by atoms with E-state index in [0.29, 0.717) is 12.0 Å². The molecule has 1 nitrogen and oxygen atoms in total. The Labute approximate surface area is 98.9 Å². The highest BCUT2D eigenvalue weighted by Gasteiger charge is 2.09. The van der Waals surface area contributed by atoms with Gasteiger partial charge in [-0.05, 0) is 35.7 Å². The lowest BCUT2D eigenvalue weighted by atomic mass is 9.99. The van der Waals surface area contributed by atoms with Crippen LogP contribution in [0.4, 0.5) is 8.78 Å². The molecule has 88 valence electrons. The smallest absolute Gasteiger partial charge is 0.126 e. The van der Waals surface area contributed by atoms with Gasteiger partial charge in [0.15, 0.2) is 0 Å². The van der Waals surface area contributed by atoms with Crippen molar-refractivity contribution in [3.05, 3.63) is 71.3 Å². The molecular formula is C14H13F2N. The molecule has 0 saturated heterocycles. The van der Waals surface area contributed by atoms with Gasteiger partial charge in [0.05, 0.1) is 0 Å². The number of halogens is 2. The largest absolute Gasteiger partial charge is 0.324 e. The zero-order valence-corrected chi connectivity index (χ0v) is 9.24. The molecule has 0 amide bonds. The van der Waals surface area contributed by atoms with Crippen molar-refractivity contribution in [1.29, 1.82) is 0 Å². The van der Waals surface area contributed by atoms with Crippen molar-refractivity contribution in [3.63, 3.8) is 0 Å². The Balaban J connectivity index is 2.14. The normalized spacial score (nSPS) is 12.4. The van der Waals surface area contributed by atoms with Crippen molar-refractivity contribution in [3.8, 4) is 0 Å². The monoisotopic (exact) mass is 233 g/mol. The summed E-state index contributed by atoms with van der Waals surface area (Å²) in [5.74, 6) is -0.558. The van der Waals surface area contributed by atoms with E-state index in [4.69, 9.17) is 5.73 Å². The van der Waals surface area contributed by atoms with Crippen molar-refractivity contribution >= 4 is 0 Å². The third-order valence-electron chi connectivity index (χ3n) is 2.70. The number of nitrogens with two attached hydrogens (primary N) is 1. The molecule has 0 aliphatic heterocycles. The van der Waals surface area contributed by atoms with E-state index in [1.54, 1.807) is 30.3 Å². The molecule has 0 spiro atoms. The molecule has 0 fully saturated rings. The summed E-state index contributed by atoms with van der Waals surface area (Å²) in [4.78, 5) is 0. The van der Waals surface area contributed by atoms with Crippen molar-refractivity contribution < 1.29 is 8.78 Å². The molecule has 0 heterocycles. The van der Waals surface area contributed by atoms with Crippen LogP contribution in [-0.2, 0) is 6.42 Å². The summed E-state index contributed by atoms with van der Waals surface area (Å²) in [6.07, 6.45) is 0.401. The van der Waals surface area contributed by atoms with Gasteiger partial charge in [-0.2, -0.15) is 0 Å². The first kappa shape index (κ1) is 11.7. The minimum Gasteiger partial charge on any atom is -0.324 e. The number of benzene rings is 2. The van der Waals surface area contributed by atoms with Crippen LogP contribution in [0.3, 0.4) is 0 Å². The van der Waals surface area contributed by atoms with Crippen molar-refractivity contribution in [1.82, 2.24) is 0 Å². The van der Waals surface area contributed by atoms with E-state index < -0.39 is 0 Å². The Morgan fingerprint density at radius 3 is 2.24 bits per heavy atom. The van der Waals surface area contributed by atoms with Crippen molar-refractivity contribution in [2.45, 2.75) is 12.5 Å². The van der Waals surface area contributed by atoms with Crippen LogP contribution in [0.25, 0.3) is 0 Å². The maximum Gasteiger partial charge on any atom is 0.126 e.